The second-order valence-corrected chi connectivity index (χ2v) is 9.42. The van der Waals surface area contributed by atoms with Gasteiger partial charge in [0.05, 0.1) is 10.8 Å². The van der Waals surface area contributed by atoms with Gasteiger partial charge < -0.3 is 9.88 Å². The molecule has 1 N–H and O–H groups in total. The normalized spacial score (nSPS) is 15.2. The summed E-state index contributed by atoms with van der Waals surface area (Å²) in [6.07, 6.45) is -1.67. The zero-order valence-corrected chi connectivity index (χ0v) is 17.7. The molecule has 1 aliphatic rings. The third-order valence-corrected chi connectivity index (χ3v) is 6.60. The Morgan fingerprint density at radius 2 is 2.10 bits per heavy atom. The fourth-order valence-corrected chi connectivity index (χ4v) is 4.65. The van der Waals surface area contributed by atoms with Gasteiger partial charge in [0, 0.05) is 23.0 Å². The number of thioether (sulfide) groups is 1. The summed E-state index contributed by atoms with van der Waals surface area (Å²) in [5, 5.41) is 13.3. The van der Waals surface area contributed by atoms with Crippen molar-refractivity contribution in [3.63, 3.8) is 0 Å². The van der Waals surface area contributed by atoms with E-state index in [1.54, 1.807) is 18.3 Å². The molecule has 1 unspecified atom stereocenters. The summed E-state index contributed by atoms with van der Waals surface area (Å²) in [5.41, 5.74) is -0.684. The highest BCUT2D eigenvalue weighted by molar-refractivity contribution is 8.00. The summed E-state index contributed by atoms with van der Waals surface area (Å²) in [6.45, 7) is 1.71. The fraction of sp³-hybridized carbons (Fsp3) is 0.350. The van der Waals surface area contributed by atoms with Crippen molar-refractivity contribution in [1.82, 2.24) is 14.8 Å². The maximum absolute atomic E-state index is 12.9. The van der Waals surface area contributed by atoms with Crippen LogP contribution in [0.25, 0.3) is 0 Å². The van der Waals surface area contributed by atoms with Crippen molar-refractivity contribution >= 4 is 34.7 Å². The lowest BCUT2D eigenvalue weighted by molar-refractivity contribution is -0.137. The Labute approximate surface area is 179 Å². The SMILES string of the molecule is CC(Sc1nnc(Cc2cccs2)n1C1CC1)C(=O)Nc1cccc(C(F)(F)F)c1. The van der Waals surface area contributed by atoms with Crippen LogP contribution in [0.1, 0.15) is 42.1 Å². The second kappa shape index (κ2) is 8.43. The van der Waals surface area contributed by atoms with Gasteiger partial charge in [0.15, 0.2) is 5.16 Å². The van der Waals surface area contributed by atoms with Crippen LogP contribution in [0.3, 0.4) is 0 Å². The average molecular weight is 453 g/mol. The highest BCUT2D eigenvalue weighted by Crippen LogP contribution is 2.40. The number of rotatable bonds is 7. The van der Waals surface area contributed by atoms with Gasteiger partial charge in [-0.15, -0.1) is 21.5 Å². The maximum atomic E-state index is 12.9. The molecule has 1 aromatic carbocycles. The third-order valence-electron chi connectivity index (χ3n) is 4.67. The molecule has 2 heterocycles. The highest BCUT2D eigenvalue weighted by Gasteiger charge is 2.32. The molecule has 0 saturated heterocycles. The number of nitrogens with zero attached hydrogens (tertiary/aromatic N) is 3. The van der Waals surface area contributed by atoms with Gasteiger partial charge in [0.25, 0.3) is 0 Å². The lowest BCUT2D eigenvalue weighted by atomic mass is 10.2. The van der Waals surface area contributed by atoms with Gasteiger partial charge in [-0.3, -0.25) is 4.79 Å². The Morgan fingerprint density at radius 3 is 2.77 bits per heavy atom. The molecule has 0 bridgehead atoms. The number of aromatic nitrogens is 3. The van der Waals surface area contributed by atoms with Crippen molar-refractivity contribution < 1.29 is 18.0 Å². The lowest BCUT2D eigenvalue weighted by Gasteiger charge is -2.14. The molecule has 1 amide bonds. The van der Waals surface area contributed by atoms with Crippen LogP contribution < -0.4 is 5.32 Å². The van der Waals surface area contributed by atoms with Gasteiger partial charge in [0.1, 0.15) is 5.82 Å². The number of benzene rings is 1. The first-order valence-corrected chi connectivity index (χ1v) is 11.2. The van der Waals surface area contributed by atoms with Crippen molar-refractivity contribution in [2.24, 2.45) is 0 Å². The van der Waals surface area contributed by atoms with E-state index in [1.807, 2.05) is 11.4 Å². The Hall–Kier alpha value is -2.33. The van der Waals surface area contributed by atoms with Gasteiger partial charge in [-0.25, -0.2) is 0 Å². The first-order chi connectivity index (χ1) is 14.3. The molecule has 158 valence electrons. The van der Waals surface area contributed by atoms with E-state index in [-0.39, 0.29) is 11.6 Å². The van der Waals surface area contributed by atoms with Crippen molar-refractivity contribution in [2.75, 3.05) is 5.32 Å². The van der Waals surface area contributed by atoms with Gasteiger partial charge >= 0.3 is 6.18 Å². The van der Waals surface area contributed by atoms with E-state index in [1.165, 1.54) is 28.8 Å². The summed E-state index contributed by atoms with van der Waals surface area (Å²) < 4.78 is 40.7. The van der Waals surface area contributed by atoms with Crippen molar-refractivity contribution in [1.29, 1.82) is 0 Å². The number of nitrogens with one attached hydrogen (secondary N) is 1. The van der Waals surface area contributed by atoms with Crippen LogP contribution in [0, 0.1) is 0 Å². The number of anilines is 1. The number of hydrogen-bond acceptors (Lipinski definition) is 5. The van der Waals surface area contributed by atoms with Crippen LogP contribution in [-0.4, -0.2) is 25.9 Å². The predicted molar refractivity (Wildman–Crippen MR) is 111 cm³/mol. The number of carbonyl (C=O) groups excluding carboxylic acids is 1. The lowest BCUT2D eigenvalue weighted by Crippen LogP contribution is -2.23. The Balaban J connectivity index is 1.45. The molecule has 10 heteroatoms. The van der Waals surface area contributed by atoms with Gasteiger partial charge in [-0.05, 0) is 49.4 Å². The van der Waals surface area contributed by atoms with E-state index < -0.39 is 17.0 Å². The number of alkyl halides is 3. The zero-order valence-electron chi connectivity index (χ0n) is 16.0. The fourth-order valence-electron chi connectivity index (χ4n) is 3.01. The first kappa shape index (κ1) is 20.9. The van der Waals surface area contributed by atoms with Gasteiger partial charge in [0.2, 0.25) is 5.91 Å². The van der Waals surface area contributed by atoms with E-state index in [0.29, 0.717) is 17.6 Å². The van der Waals surface area contributed by atoms with E-state index in [9.17, 15) is 18.0 Å². The summed E-state index contributed by atoms with van der Waals surface area (Å²) >= 11 is 2.93. The van der Waals surface area contributed by atoms with Gasteiger partial charge in [-0.2, -0.15) is 13.2 Å². The van der Waals surface area contributed by atoms with Crippen LogP contribution in [0.5, 0.6) is 0 Å². The summed E-state index contributed by atoms with van der Waals surface area (Å²) in [7, 11) is 0. The minimum atomic E-state index is -4.46. The molecular weight excluding hydrogens is 433 g/mol. The standard InChI is InChI=1S/C20H19F3N4OS2/c1-12(18(28)24-14-5-2-4-13(10-14)20(21,22)23)30-19-26-25-17(27(19)15-7-8-15)11-16-6-3-9-29-16/h2-6,9-10,12,15H,7-8,11H2,1H3,(H,24,28). The minimum Gasteiger partial charge on any atom is -0.325 e. The molecule has 1 aliphatic carbocycles. The zero-order chi connectivity index (χ0) is 21.3. The van der Waals surface area contributed by atoms with Gasteiger partial charge in [-0.1, -0.05) is 23.9 Å². The quantitative estimate of drug-likeness (QED) is 0.488. The average Bonchev–Trinajstić information content (AvgIpc) is 3.25. The van der Waals surface area contributed by atoms with E-state index >= 15 is 0 Å². The largest absolute Gasteiger partial charge is 0.416 e. The van der Waals surface area contributed by atoms with E-state index in [4.69, 9.17) is 0 Å². The predicted octanol–water partition coefficient (Wildman–Crippen LogP) is 5.40. The molecule has 0 aliphatic heterocycles. The molecule has 2 aromatic heterocycles. The molecule has 0 spiro atoms. The minimum absolute atomic E-state index is 0.115. The van der Waals surface area contributed by atoms with E-state index in [2.05, 4.69) is 26.1 Å². The Morgan fingerprint density at radius 1 is 1.30 bits per heavy atom. The highest BCUT2D eigenvalue weighted by atomic mass is 32.2. The number of amides is 1. The molecule has 30 heavy (non-hydrogen) atoms. The second-order valence-electron chi connectivity index (χ2n) is 7.08. The number of thiophene rings is 1. The number of halogens is 3. The molecule has 1 atom stereocenters. The number of carbonyl (C=O) groups is 1. The molecule has 5 nitrogen and oxygen atoms in total. The topological polar surface area (TPSA) is 59.8 Å². The van der Waals surface area contributed by atoms with Crippen molar-refractivity contribution in [3.05, 3.63) is 58.0 Å². The summed E-state index contributed by atoms with van der Waals surface area (Å²) in [6, 6.07) is 9.01. The Kier molecular flexibility index (Phi) is 5.88. The van der Waals surface area contributed by atoms with Crippen LogP contribution in [-0.2, 0) is 17.4 Å². The third kappa shape index (κ3) is 4.86. The Bertz CT molecular complexity index is 1030. The molecule has 3 aromatic rings. The van der Waals surface area contributed by atoms with Crippen LogP contribution >= 0.6 is 23.1 Å². The monoisotopic (exact) mass is 452 g/mol. The van der Waals surface area contributed by atoms with Crippen LogP contribution in [0.15, 0.2) is 46.9 Å². The van der Waals surface area contributed by atoms with Crippen molar-refractivity contribution in [3.8, 4) is 0 Å². The first-order valence-electron chi connectivity index (χ1n) is 9.42. The van der Waals surface area contributed by atoms with Crippen LogP contribution in [0.2, 0.25) is 0 Å². The molecular formula is C20H19F3N4OS2. The maximum Gasteiger partial charge on any atom is 0.416 e. The number of hydrogen-bond donors (Lipinski definition) is 1. The van der Waals surface area contributed by atoms with Crippen molar-refractivity contribution in [2.45, 2.75) is 48.8 Å². The smallest absolute Gasteiger partial charge is 0.325 e. The molecule has 1 saturated carbocycles. The summed E-state index contributed by atoms with van der Waals surface area (Å²) in [4.78, 5) is 13.8. The summed E-state index contributed by atoms with van der Waals surface area (Å²) in [5.74, 6) is 0.484. The van der Waals surface area contributed by atoms with Crippen LogP contribution in [0.4, 0.5) is 18.9 Å². The molecule has 4 rings (SSSR count). The van der Waals surface area contributed by atoms with E-state index in [0.717, 1.165) is 30.8 Å². The molecule has 1 fully saturated rings. The molecule has 0 radical (unpaired) electrons.